The highest BCUT2D eigenvalue weighted by molar-refractivity contribution is 7.83. The van der Waals surface area contributed by atoms with Gasteiger partial charge in [0.25, 0.3) is 0 Å². The summed E-state index contributed by atoms with van der Waals surface area (Å²) in [5.41, 5.74) is 1.99. The van der Waals surface area contributed by atoms with Crippen LogP contribution in [0.4, 0.5) is 5.69 Å². The molecule has 0 saturated carbocycles. The number of aromatic nitrogens is 2. The molecule has 0 amide bonds. The second-order valence-electron chi connectivity index (χ2n) is 4.93. The van der Waals surface area contributed by atoms with E-state index in [1.807, 2.05) is 38.1 Å². The minimum atomic E-state index is -0.867. The summed E-state index contributed by atoms with van der Waals surface area (Å²) in [7, 11) is -0.867. The Labute approximate surface area is 121 Å². The van der Waals surface area contributed by atoms with Gasteiger partial charge in [-0.15, -0.1) is 0 Å². The number of anilines is 1. The topological polar surface area (TPSA) is 68.0 Å². The maximum Gasteiger partial charge on any atom is 0.229 e. The van der Waals surface area contributed by atoms with Crippen molar-refractivity contribution in [2.75, 3.05) is 11.6 Å². The SMILES string of the molecule is CC(C)c1nc(CNc2ccccc2CS(C)=O)no1. The molecule has 0 radical (unpaired) electrons. The van der Waals surface area contributed by atoms with Crippen LogP contribution < -0.4 is 5.32 Å². The molecular formula is C14H19N3O2S. The van der Waals surface area contributed by atoms with E-state index in [1.165, 1.54) is 0 Å². The van der Waals surface area contributed by atoms with Gasteiger partial charge in [-0.25, -0.2) is 0 Å². The van der Waals surface area contributed by atoms with Crippen LogP contribution in [0, 0.1) is 0 Å². The highest BCUT2D eigenvalue weighted by Crippen LogP contribution is 2.18. The van der Waals surface area contributed by atoms with Crippen molar-refractivity contribution in [1.82, 2.24) is 10.1 Å². The lowest BCUT2D eigenvalue weighted by Crippen LogP contribution is -2.05. The van der Waals surface area contributed by atoms with Gasteiger partial charge in [-0.05, 0) is 11.6 Å². The molecule has 0 spiro atoms. The predicted molar refractivity (Wildman–Crippen MR) is 79.9 cm³/mol. The summed E-state index contributed by atoms with van der Waals surface area (Å²) in [6.45, 7) is 4.51. The zero-order chi connectivity index (χ0) is 14.5. The highest BCUT2D eigenvalue weighted by Gasteiger charge is 2.10. The number of hydrogen-bond acceptors (Lipinski definition) is 5. The lowest BCUT2D eigenvalue weighted by molar-refractivity contribution is 0.361. The van der Waals surface area contributed by atoms with Gasteiger partial charge in [0.1, 0.15) is 0 Å². The Balaban J connectivity index is 2.04. The smallest absolute Gasteiger partial charge is 0.229 e. The van der Waals surface area contributed by atoms with Gasteiger partial charge in [0.15, 0.2) is 5.82 Å². The Kier molecular flexibility index (Phi) is 4.89. The van der Waals surface area contributed by atoms with Crippen molar-refractivity contribution in [3.05, 3.63) is 41.5 Å². The molecule has 2 aromatic rings. The maximum absolute atomic E-state index is 11.4. The summed E-state index contributed by atoms with van der Waals surface area (Å²) in [5.74, 6) is 2.03. The quantitative estimate of drug-likeness (QED) is 0.887. The third kappa shape index (κ3) is 3.90. The molecule has 0 aliphatic heterocycles. The average Bonchev–Trinajstić information content (AvgIpc) is 2.86. The van der Waals surface area contributed by atoms with Gasteiger partial charge in [0.05, 0.1) is 12.3 Å². The summed E-state index contributed by atoms with van der Waals surface area (Å²) in [4.78, 5) is 4.32. The summed E-state index contributed by atoms with van der Waals surface area (Å²) in [6.07, 6.45) is 1.70. The summed E-state index contributed by atoms with van der Waals surface area (Å²) in [6, 6.07) is 7.82. The van der Waals surface area contributed by atoms with Crippen molar-refractivity contribution in [2.24, 2.45) is 0 Å². The third-order valence-electron chi connectivity index (χ3n) is 2.79. The van der Waals surface area contributed by atoms with Crippen molar-refractivity contribution in [1.29, 1.82) is 0 Å². The van der Waals surface area contributed by atoms with Gasteiger partial charge in [-0.2, -0.15) is 4.98 Å². The second kappa shape index (κ2) is 6.65. The number of para-hydroxylation sites is 1. The van der Waals surface area contributed by atoms with E-state index in [-0.39, 0.29) is 5.92 Å². The maximum atomic E-state index is 11.4. The van der Waals surface area contributed by atoms with Crippen molar-refractivity contribution < 1.29 is 8.73 Å². The van der Waals surface area contributed by atoms with E-state index < -0.39 is 10.8 Å². The molecule has 0 saturated heterocycles. The van der Waals surface area contributed by atoms with Crippen LogP contribution in [0.15, 0.2) is 28.8 Å². The van der Waals surface area contributed by atoms with Crippen molar-refractivity contribution in [3.8, 4) is 0 Å². The Bertz CT molecular complexity index is 596. The fourth-order valence-corrected chi connectivity index (χ4v) is 2.48. The zero-order valence-electron chi connectivity index (χ0n) is 11.9. The van der Waals surface area contributed by atoms with E-state index in [0.29, 0.717) is 24.0 Å². The molecular weight excluding hydrogens is 274 g/mol. The molecule has 20 heavy (non-hydrogen) atoms. The molecule has 0 fully saturated rings. The fourth-order valence-electron chi connectivity index (χ4n) is 1.79. The van der Waals surface area contributed by atoms with Crippen LogP contribution in [0.2, 0.25) is 0 Å². The number of nitrogens with zero attached hydrogens (tertiary/aromatic N) is 2. The summed E-state index contributed by atoms with van der Waals surface area (Å²) < 4.78 is 16.5. The first-order valence-electron chi connectivity index (χ1n) is 6.50. The fraction of sp³-hybridized carbons (Fsp3) is 0.429. The molecule has 0 aliphatic carbocycles. The monoisotopic (exact) mass is 293 g/mol. The lowest BCUT2D eigenvalue weighted by atomic mass is 10.2. The lowest BCUT2D eigenvalue weighted by Gasteiger charge is -2.09. The first-order valence-corrected chi connectivity index (χ1v) is 8.23. The molecule has 108 valence electrons. The molecule has 1 N–H and O–H groups in total. The van der Waals surface area contributed by atoms with Crippen LogP contribution in [-0.2, 0) is 23.1 Å². The Morgan fingerprint density at radius 1 is 1.35 bits per heavy atom. The molecule has 1 aromatic heterocycles. The molecule has 6 heteroatoms. The molecule has 1 atom stereocenters. The third-order valence-corrected chi connectivity index (χ3v) is 3.51. The van der Waals surface area contributed by atoms with E-state index >= 15 is 0 Å². The zero-order valence-corrected chi connectivity index (χ0v) is 12.7. The average molecular weight is 293 g/mol. The van der Waals surface area contributed by atoms with Crippen LogP contribution in [0.3, 0.4) is 0 Å². The predicted octanol–water partition coefficient (Wildman–Crippen LogP) is 2.68. The Morgan fingerprint density at radius 2 is 2.10 bits per heavy atom. The summed E-state index contributed by atoms with van der Waals surface area (Å²) in [5, 5.41) is 7.20. The molecule has 2 rings (SSSR count). The van der Waals surface area contributed by atoms with Gasteiger partial charge >= 0.3 is 0 Å². The molecule has 1 heterocycles. The van der Waals surface area contributed by atoms with Crippen LogP contribution >= 0.6 is 0 Å². The standard InChI is InChI=1S/C14H19N3O2S/c1-10(2)14-16-13(17-19-14)8-15-12-7-5-4-6-11(12)9-20(3)18/h4-7,10,15H,8-9H2,1-3H3. The van der Waals surface area contributed by atoms with E-state index in [4.69, 9.17) is 4.52 Å². The first-order chi connectivity index (χ1) is 9.56. The number of hydrogen-bond donors (Lipinski definition) is 1. The van der Waals surface area contributed by atoms with E-state index in [2.05, 4.69) is 15.5 Å². The van der Waals surface area contributed by atoms with Gasteiger partial charge in [-0.1, -0.05) is 37.2 Å². The molecule has 1 unspecified atom stereocenters. The normalized spacial score (nSPS) is 12.6. The number of rotatable bonds is 6. The van der Waals surface area contributed by atoms with Gasteiger partial charge < -0.3 is 9.84 Å². The first kappa shape index (κ1) is 14.7. The minimum absolute atomic E-state index is 0.228. The van der Waals surface area contributed by atoms with Crippen LogP contribution in [0.5, 0.6) is 0 Å². The minimum Gasteiger partial charge on any atom is -0.377 e. The van der Waals surface area contributed by atoms with E-state index in [1.54, 1.807) is 6.26 Å². The number of nitrogens with one attached hydrogen (secondary N) is 1. The largest absolute Gasteiger partial charge is 0.377 e. The van der Waals surface area contributed by atoms with E-state index in [9.17, 15) is 4.21 Å². The van der Waals surface area contributed by atoms with Gasteiger partial charge in [0, 0.05) is 28.7 Å². The molecule has 0 aliphatic rings. The van der Waals surface area contributed by atoms with Crippen LogP contribution in [0.25, 0.3) is 0 Å². The highest BCUT2D eigenvalue weighted by atomic mass is 32.2. The van der Waals surface area contributed by atoms with Crippen molar-refractivity contribution >= 4 is 16.5 Å². The Hall–Kier alpha value is -1.69. The van der Waals surface area contributed by atoms with Gasteiger partial charge in [0.2, 0.25) is 5.89 Å². The molecule has 1 aromatic carbocycles. The molecule has 5 nitrogen and oxygen atoms in total. The van der Waals surface area contributed by atoms with Crippen LogP contribution in [-0.4, -0.2) is 20.6 Å². The second-order valence-corrected chi connectivity index (χ2v) is 6.37. The van der Waals surface area contributed by atoms with Gasteiger partial charge in [-0.3, -0.25) is 4.21 Å². The van der Waals surface area contributed by atoms with E-state index in [0.717, 1.165) is 11.3 Å². The molecule has 0 bridgehead atoms. The van der Waals surface area contributed by atoms with Crippen molar-refractivity contribution in [3.63, 3.8) is 0 Å². The van der Waals surface area contributed by atoms with Crippen LogP contribution in [0.1, 0.15) is 37.0 Å². The Morgan fingerprint density at radius 3 is 2.75 bits per heavy atom. The van der Waals surface area contributed by atoms with Crippen molar-refractivity contribution in [2.45, 2.75) is 32.1 Å². The number of benzene rings is 1. The summed E-state index contributed by atoms with van der Waals surface area (Å²) >= 11 is 0.